The van der Waals surface area contributed by atoms with Crippen LogP contribution < -0.4 is 4.74 Å². The van der Waals surface area contributed by atoms with Crippen molar-refractivity contribution in [3.05, 3.63) is 41.5 Å². The van der Waals surface area contributed by atoms with Gasteiger partial charge in [-0.05, 0) is 55.1 Å². The Balaban J connectivity index is 2.94. The first kappa shape index (κ1) is 30.6. The maximum absolute atomic E-state index is 12.1. The molecule has 194 valence electrons. The van der Waals surface area contributed by atoms with Gasteiger partial charge in [-0.15, -0.1) is 0 Å². The minimum Gasteiger partial charge on any atom is -0.497 e. The van der Waals surface area contributed by atoms with E-state index in [1.54, 1.807) is 7.11 Å². The van der Waals surface area contributed by atoms with E-state index in [2.05, 4.69) is 60.7 Å². The molecule has 1 aromatic rings. The lowest BCUT2D eigenvalue weighted by Crippen LogP contribution is -2.47. The van der Waals surface area contributed by atoms with E-state index in [1.165, 1.54) is 5.57 Å². The Morgan fingerprint density at radius 1 is 1.09 bits per heavy atom. The molecule has 0 aromatic heterocycles. The van der Waals surface area contributed by atoms with Crippen LogP contribution in [0, 0.1) is 17.8 Å². The molecule has 0 saturated carbocycles. The molecule has 0 aliphatic rings. The van der Waals surface area contributed by atoms with Gasteiger partial charge in [0.05, 0.1) is 26.4 Å². The summed E-state index contributed by atoms with van der Waals surface area (Å²) in [4.78, 5) is 12.1. The van der Waals surface area contributed by atoms with Crippen molar-refractivity contribution in [1.29, 1.82) is 0 Å². The maximum Gasteiger partial charge on any atom is 0.192 e. The van der Waals surface area contributed by atoms with Crippen molar-refractivity contribution in [1.82, 2.24) is 0 Å². The molecular weight excluding hydrogens is 440 g/mol. The van der Waals surface area contributed by atoms with E-state index in [4.69, 9.17) is 13.9 Å². The topological polar surface area (TPSA) is 44.8 Å². The molecule has 0 aliphatic carbocycles. The molecule has 0 N–H and O–H groups in total. The van der Waals surface area contributed by atoms with Crippen molar-refractivity contribution in [3.8, 4) is 5.75 Å². The molecule has 0 saturated heterocycles. The number of rotatable bonds is 14. The number of ether oxygens (including phenoxy) is 2. The van der Waals surface area contributed by atoms with Gasteiger partial charge in [0, 0.05) is 18.3 Å². The lowest BCUT2D eigenvalue weighted by Gasteiger charge is -2.42. The van der Waals surface area contributed by atoms with Crippen molar-refractivity contribution in [2.75, 3.05) is 13.7 Å². The summed E-state index contributed by atoms with van der Waals surface area (Å²) >= 11 is 0. The van der Waals surface area contributed by atoms with Crippen LogP contribution in [0.2, 0.25) is 18.1 Å². The molecule has 0 bridgehead atoms. The van der Waals surface area contributed by atoms with Gasteiger partial charge in [-0.3, -0.25) is 4.79 Å². The fourth-order valence-electron chi connectivity index (χ4n) is 3.99. The van der Waals surface area contributed by atoms with Crippen LogP contribution in [0.25, 0.3) is 0 Å². The molecule has 0 radical (unpaired) electrons. The second kappa shape index (κ2) is 13.6. The van der Waals surface area contributed by atoms with Gasteiger partial charge < -0.3 is 13.9 Å². The van der Waals surface area contributed by atoms with E-state index in [9.17, 15) is 4.79 Å². The monoisotopic (exact) mass is 490 g/mol. The van der Waals surface area contributed by atoms with Crippen molar-refractivity contribution in [3.63, 3.8) is 0 Å². The highest BCUT2D eigenvalue weighted by molar-refractivity contribution is 6.74. The van der Waals surface area contributed by atoms with E-state index < -0.39 is 8.32 Å². The summed E-state index contributed by atoms with van der Waals surface area (Å²) < 4.78 is 18.3. The van der Waals surface area contributed by atoms with Crippen LogP contribution in [0.5, 0.6) is 5.75 Å². The van der Waals surface area contributed by atoms with E-state index in [1.807, 2.05) is 38.1 Å². The second-order valence-corrected chi connectivity index (χ2v) is 16.2. The SMILES string of the molecule is CCC(=O)[C@@H](C)CC(C)=C[C@H](C)[C@@H](O[Si](C)(C)C(C)(C)C)[C@@H](C)COCc1ccc(OC)cc1. The second-order valence-electron chi connectivity index (χ2n) is 11.5. The number of allylic oxidation sites excluding steroid dienone is 1. The summed E-state index contributed by atoms with van der Waals surface area (Å²) in [6, 6.07) is 8.01. The third-order valence-corrected chi connectivity index (χ3v) is 11.7. The van der Waals surface area contributed by atoms with Gasteiger partial charge in [0.15, 0.2) is 8.32 Å². The molecule has 0 fully saturated rings. The van der Waals surface area contributed by atoms with Gasteiger partial charge >= 0.3 is 0 Å². The van der Waals surface area contributed by atoms with Crippen molar-refractivity contribution >= 4 is 14.1 Å². The van der Waals surface area contributed by atoms with E-state index in [0.29, 0.717) is 25.4 Å². The molecule has 0 heterocycles. The summed E-state index contributed by atoms with van der Waals surface area (Å²) in [6.45, 7) is 23.3. The number of hydrogen-bond acceptors (Lipinski definition) is 4. The summed E-state index contributed by atoms with van der Waals surface area (Å²) in [6.07, 6.45) is 3.79. The summed E-state index contributed by atoms with van der Waals surface area (Å²) in [5.41, 5.74) is 2.39. The van der Waals surface area contributed by atoms with Crippen molar-refractivity contribution in [2.24, 2.45) is 17.8 Å². The van der Waals surface area contributed by atoms with Crippen LogP contribution in [0.15, 0.2) is 35.9 Å². The van der Waals surface area contributed by atoms with Gasteiger partial charge in [0.25, 0.3) is 0 Å². The third-order valence-electron chi connectivity index (χ3n) is 7.20. The number of carbonyl (C=O) groups is 1. The Morgan fingerprint density at radius 2 is 1.68 bits per heavy atom. The molecule has 4 atom stereocenters. The Bertz CT molecular complexity index is 776. The van der Waals surface area contributed by atoms with E-state index in [0.717, 1.165) is 17.7 Å². The third kappa shape index (κ3) is 9.67. The predicted octanol–water partition coefficient (Wildman–Crippen LogP) is 7.83. The normalized spacial score (nSPS) is 16.6. The summed E-state index contributed by atoms with van der Waals surface area (Å²) in [5.74, 6) is 1.72. The minimum absolute atomic E-state index is 0.0592. The smallest absolute Gasteiger partial charge is 0.192 e. The Morgan fingerprint density at radius 3 is 2.18 bits per heavy atom. The molecule has 34 heavy (non-hydrogen) atoms. The van der Waals surface area contributed by atoms with Gasteiger partial charge in [0.2, 0.25) is 0 Å². The Kier molecular flexibility index (Phi) is 12.2. The maximum atomic E-state index is 12.1. The molecule has 0 aliphatic heterocycles. The number of Topliss-reactive ketones (excluding diaryl/α,β-unsaturated/α-hetero) is 1. The first-order valence-corrected chi connectivity index (χ1v) is 15.7. The molecule has 5 heteroatoms. The molecule has 0 unspecified atom stereocenters. The minimum atomic E-state index is -1.97. The Labute approximate surface area is 210 Å². The summed E-state index contributed by atoms with van der Waals surface area (Å²) in [7, 11) is -0.291. The van der Waals surface area contributed by atoms with Gasteiger partial charge in [0.1, 0.15) is 11.5 Å². The highest BCUT2D eigenvalue weighted by Crippen LogP contribution is 2.39. The van der Waals surface area contributed by atoms with Gasteiger partial charge in [-0.1, -0.05) is 72.2 Å². The van der Waals surface area contributed by atoms with Crippen LogP contribution >= 0.6 is 0 Å². The highest BCUT2D eigenvalue weighted by Gasteiger charge is 2.41. The van der Waals surface area contributed by atoms with Gasteiger partial charge in [-0.2, -0.15) is 0 Å². The fourth-order valence-corrected chi connectivity index (χ4v) is 5.48. The average molecular weight is 491 g/mol. The Hall–Kier alpha value is -1.43. The van der Waals surface area contributed by atoms with E-state index in [-0.39, 0.29) is 28.9 Å². The molecular formula is C29H50O4Si. The number of methoxy groups -OCH3 is 1. The zero-order valence-electron chi connectivity index (χ0n) is 23.7. The molecule has 0 spiro atoms. The largest absolute Gasteiger partial charge is 0.497 e. The molecule has 4 nitrogen and oxygen atoms in total. The van der Waals surface area contributed by atoms with Crippen molar-refractivity contribution in [2.45, 2.75) is 99.1 Å². The number of benzene rings is 1. The summed E-state index contributed by atoms with van der Waals surface area (Å²) in [5, 5.41) is 0.134. The number of ketones is 1. The quantitative estimate of drug-likeness (QED) is 0.197. The molecule has 0 amide bonds. The van der Waals surface area contributed by atoms with Gasteiger partial charge in [-0.25, -0.2) is 0 Å². The first-order valence-electron chi connectivity index (χ1n) is 12.8. The highest BCUT2D eigenvalue weighted by atomic mass is 28.4. The van der Waals surface area contributed by atoms with Crippen LogP contribution in [-0.4, -0.2) is 33.9 Å². The standard InChI is InChI=1S/C29H50O4Si/c1-12-27(30)22(3)17-21(2)18-23(4)28(33-34(10,11)29(6,7)8)24(5)19-32-20-25-13-15-26(31-9)16-14-25/h13-16,18,22-24,28H,12,17,19-20H2,1-11H3/t22-,23-,24-,28+/m0/s1. The van der Waals surface area contributed by atoms with Crippen LogP contribution in [0.1, 0.15) is 73.8 Å². The average Bonchev–Trinajstić information content (AvgIpc) is 2.76. The zero-order chi connectivity index (χ0) is 26.1. The molecule has 1 rings (SSSR count). The zero-order valence-corrected chi connectivity index (χ0v) is 24.7. The lowest BCUT2D eigenvalue weighted by molar-refractivity contribution is -0.122. The number of carbonyl (C=O) groups excluding carboxylic acids is 1. The number of hydrogen-bond donors (Lipinski definition) is 0. The van der Waals surface area contributed by atoms with E-state index >= 15 is 0 Å². The van der Waals surface area contributed by atoms with Crippen LogP contribution in [-0.2, 0) is 20.6 Å². The lowest BCUT2D eigenvalue weighted by atomic mass is 9.89. The fraction of sp³-hybridized carbons (Fsp3) is 0.690. The predicted molar refractivity (Wildman–Crippen MR) is 146 cm³/mol. The van der Waals surface area contributed by atoms with Crippen molar-refractivity contribution < 1.29 is 18.7 Å². The van der Waals surface area contributed by atoms with Crippen LogP contribution in [0.3, 0.4) is 0 Å². The molecule has 1 aromatic carbocycles. The van der Waals surface area contributed by atoms with Crippen LogP contribution in [0.4, 0.5) is 0 Å². The first-order chi connectivity index (χ1) is 15.7.